The number of carbonyl (C=O) groups is 1. The number of ether oxygens (including phenoxy) is 2. The van der Waals surface area contributed by atoms with Crippen molar-refractivity contribution in [1.82, 2.24) is 10.3 Å². The predicted octanol–water partition coefficient (Wildman–Crippen LogP) is 4.96. The second kappa shape index (κ2) is 8.24. The molecule has 1 atom stereocenters. The Morgan fingerprint density at radius 2 is 2.07 bits per heavy atom. The van der Waals surface area contributed by atoms with Crippen LogP contribution in [0.2, 0.25) is 0 Å². The first kappa shape index (κ1) is 18.8. The summed E-state index contributed by atoms with van der Waals surface area (Å²) in [5.41, 5.74) is 3.69. The van der Waals surface area contributed by atoms with E-state index < -0.39 is 0 Å². The number of amides is 1. The molecule has 0 saturated heterocycles. The monoisotopic (exact) mass is 412 g/mol. The minimum absolute atomic E-state index is 0.0864. The Balaban J connectivity index is 1.45. The molecule has 2 heterocycles. The quantitative estimate of drug-likeness (QED) is 0.580. The molecule has 0 spiro atoms. The van der Waals surface area contributed by atoms with Gasteiger partial charge in [-0.2, -0.15) is 0 Å². The van der Waals surface area contributed by atoms with E-state index in [1.807, 2.05) is 61.7 Å². The number of aromatic nitrogens is 1. The summed E-state index contributed by atoms with van der Waals surface area (Å²) < 4.78 is 11.8. The topological polar surface area (TPSA) is 60.5 Å². The molecule has 0 aliphatic carbocycles. The molecule has 1 aromatic heterocycles. The Labute approximate surface area is 172 Å². The molecule has 1 N–H and O–H groups in total. The molecule has 2 aromatic carbocycles. The largest absolute Gasteiger partial charge is 0.454 e. The molecule has 3 aromatic rings. The molecule has 0 fully saturated rings. The van der Waals surface area contributed by atoms with Gasteiger partial charge in [0, 0.05) is 22.4 Å². The van der Waals surface area contributed by atoms with Crippen LogP contribution in [0, 0.1) is 6.92 Å². The van der Waals surface area contributed by atoms with Gasteiger partial charge in [-0.05, 0) is 43.2 Å². The van der Waals surface area contributed by atoms with E-state index >= 15 is 0 Å². The Hall–Kier alpha value is -2.51. The zero-order valence-corrected chi connectivity index (χ0v) is 17.2. The molecule has 1 aliphatic rings. The van der Waals surface area contributed by atoms with Crippen molar-refractivity contribution in [2.45, 2.75) is 30.0 Å². The van der Waals surface area contributed by atoms with Crippen LogP contribution in [0.1, 0.15) is 40.1 Å². The summed E-state index contributed by atoms with van der Waals surface area (Å²) in [6.45, 7) is 4.19. The fourth-order valence-electron chi connectivity index (χ4n) is 2.95. The number of nitrogens with one attached hydrogen (secondary N) is 1. The first-order chi connectivity index (χ1) is 13.6. The standard InChI is InChI=1S/C21H20N2O3S2/c1-13-10-27-21(22-13)28-11-16-5-3-4-6-17(16)20(24)23-14(2)15-7-8-18-19(9-15)26-12-25-18/h3-10,14H,11-12H2,1-2H3,(H,23,24). The Morgan fingerprint density at radius 1 is 1.25 bits per heavy atom. The molecule has 5 nitrogen and oxygen atoms in total. The number of benzene rings is 2. The third-order valence-electron chi connectivity index (χ3n) is 4.46. The summed E-state index contributed by atoms with van der Waals surface area (Å²) in [4.78, 5) is 17.4. The predicted molar refractivity (Wildman–Crippen MR) is 111 cm³/mol. The van der Waals surface area contributed by atoms with Gasteiger partial charge in [0.25, 0.3) is 5.91 Å². The minimum atomic E-state index is -0.149. The van der Waals surface area contributed by atoms with Crippen molar-refractivity contribution in [3.8, 4) is 11.5 Å². The molecule has 1 unspecified atom stereocenters. The number of thioether (sulfide) groups is 1. The van der Waals surface area contributed by atoms with Gasteiger partial charge in [0.05, 0.1) is 6.04 Å². The van der Waals surface area contributed by atoms with E-state index in [-0.39, 0.29) is 18.7 Å². The first-order valence-electron chi connectivity index (χ1n) is 8.93. The van der Waals surface area contributed by atoms with Gasteiger partial charge >= 0.3 is 0 Å². The lowest BCUT2D eigenvalue weighted by Gasteiger charge is -2.16. The Bertz CT molecular complexity index is 1000. The van der Waals surface area contributed by atoms with Crippen LogP contribution in [0.15, 0.2) is 52.2 Å². The van der Waals surface area contributed by atoms with Crippen LogP contribution in [0.3, 0.4) is 0 Å². The summed E-state index contributed by atoms with van der Waals surface area (Å²) in [6.07, 6.45) is 0. The SMILES string of the molecule is Cc1csc(SCc2ccccc2C(=O)NC(C)c2ccc3c(c2)OCO3)n1. The van der Waals surface area contributed by atoms with Gasteiger partial charge in [-0.1, -0.05) is 36.0 Å². The molecule has 28 heavy (non-hydrogen) atoms. The molecular formula is C21H20N2O3S2. The third-order valence-corrected chi connectivity index (χ3v) is 6.64. The van der Waals surface area contributed by atoms with Gasteiger partial charge in [-0.3, -0.25) is 4.79 Å². The van der Waals surface area contributed by atoms with Crippen molar-refractivity contribution in [1.29, 1.82) is 0 Å². The number of hydrogen-bond acceptors (Lipinski definition) is 6. The Morgan fingerprint density at radius 3 is 2.89 bits per heavy atom. The van der Waals surface area contributed by atoms with Gasteiger partial charge in [-0.15, -0.1) is 11.3 Å². The highest BCUT2D eigenvalue weighted by atomic mass is 32.2. The van der Waals surface area contributed by atoms with Crippen LogP contribution >= 0.6 is 23.1 Å². The highest BCUT2D eigenvalue weighted by Gasteiger charge is 2.18. The fourth-order valence-corrected chi connectivity index (χ4v) is 4.80. The lowest BCUT2D eigenvalue weighted by Crippen LogP contribution is -2.27. The van der Waals surface area contributed by atoms with Crippen LogP contribution in [-0.2, 0) is 5.75 Å². The third kappa shape index (κ3) is 4.15. The molecule has 1 amide bonds. The zero-order chi connectivity index (χ0) is 19.5. The first-order valence-corrected chi connectivity index (χ1v) is 10.8. The van der Waals surface area contributed by atoms with Crippen molar-refractivity contribution < 1.29 is 14.3 Å². The number of carbonyl (C=O) groups excluding carboxylic acids is 1. The van der Waals surface area contributed by atoms with Crippen LogP contribution in [0.4, 0.5) is 0 Å². The van der Waals surface area contributed by atoms with Gasteiger partial charge in [0.2, 0.25) is 6.79 Å². The van der Waals surface area contributed by atoms with E-state index in [1.165, 1.54) is 0 Å². The fraction of sp³-hybridized carbons (Fsp3) is 0.238. The maximum absolute atomic E-state index is 12.9. The summed E-state index contributed by atoms with van der Waals surface area (Å²) in [5, 5.41) is 5.12. The van der Waals surface area contributed by atoms with Gasteiger partial charge in [-0.25, -0.2) is 4.98 Å². The highest BCUT2D eigenvalue weighted by Crippen LogP contribution is 2.34. The number of fused-ring (bicyclic) bond motifs is 1. The van der Waals surface area contributed by atoms with E-state index in [0.717, 1.165) is 26.9 Å². The molecule has 0 radical (unpaired) electrons. The van der Waals surface area contributed by atoms with Crippen molar-refractivity contribution in [2.24, 2.45) is 0 Å². The van der Waals surface area contributed by atoms with Gasteiger partial charge in [0.1, 0.15) is 4.34 Å². The molecule has 4 rings (SSSR count). The highest BCUT2D eigenvalue weighted by molar-refractivity contribution is 8.00. The van der Waals surface area contributed by atoms with Crippen LogP contribution < -0.4 is 14.8 Å². The maximum Gasteiger partial charge on any atom is 0.252 e. The van der Waals surface area contributed by atoms with Crippen molar-refractivity contribution in [2.75, 3.05) is 6.79 Å². The summed E-state index contributed by atoms with van der Waals surface area (Å²) >= 11 is 3.28. The van der Waals surface area contributed by atoms with Crippen molar-refractivity contribution >= 4 is 29.0 Å². The second-order valence-electron chi connectivity index (χ2n) is 6.51. The van der Waals surface area contributed by atoms with Crippen LogP contribution in [-0.4, -0.2) is 17.7 Å². The molecule has 144 valence electrons. The smallest absolute Gasteiger partial charge is 0.252 e. The summed E-state index contributed by atoms with van der Waals surface area (Å²) in [5.74, 6) is 2.07. The molecule has 7 heteroatoms. The zero-order valence-electron chi connectivity index (χ0n) is 15.6. The number of nitrogens with zero attached hydrogens (tertiary/aromatic N) is 1. The lowest BCUT2D eigenvalue weighted by molar-refractivity contribution is 0.0939. The van der Waals surface area contributed by atoms with Crippen LogP contribution in [0.5, 0.6) is 11.5 Å². The Kier molecular flexibility index (Phi) is 5.54. The van der Waals surface area contributed by atoms with Gasteiger partial charge < -0.3 is 14.8 Å². The van der Waals surface area contributed by atoms with E-state index in [2.05, 4.69) is 10.3 Å². The van der Waals surface area contributed by atoms with E-state index in [4.69, 9.17) is 9.47 Å². The maximum atomic E-state index is 12.9. The second-order valence-corrected chi connectivity index (χ2v) is 8.59. The lowest BCUT2D eigenvalue weighted by atomic mass is 10.1. The molecular weight excluding hydrogens is 392 g/mol. The van der Waals surface area contributed by atoms with Crippen molar-refractivity contribution in [3.05, 3.63) is 70.2 Å². The van der Waals surface area contributed by atoms with Crippen molar-refractivity contribution in [3.63, 3.8) is 0 Å². The van der Waals surface area contributed by atoms with E-state index in [1.54, 1.807) is 23.1 Å². The van der Waals surface area contributed by atoms with E-state index in [9.17, 15) is 4.79 Å². The molecule has 1 aliphatic heterocycles. The number of hydrogen-bond donors (Lipinski definition) is 1. The van der Waals surface area contributed by atoms with Crippen LogP contribution in [0.25, 0.3) is 0 Å². The summed E-state index contributed by atoms with van der Waals surface area (Å²) in [7, 11) is 0. The number of rotatable bonds is 6. The van der Waals surface area contributed by atoms with Gasteiger partial charge in [0.15, 0.2) is 11.5 Å². The van der Waals surface area contributed by atoms with E-state index in [0.29, 0.717) is 17.1 Å². The normalized spacial score (nSPS) is 13.4. The molecule has 0 bridgehead atoms. The number of aryl methyl sites for hydroxylation is 1. The summed E-state index contributed by atoms with van der Waals surface area (Å²) in [6, 6.07) is 13.3. The average molecular weight is 413 g/mol. The number of thiazole rings is 1. The average Bonchev–Trinajstić information content (AvgIpc) is 3.34. The minimum Gasteiger partial charge on any atom is -0.454 e. The molecule has 0 saturated carbocycles.